The molecule has 1 heterocycles. The average molecular weight is 332 g/mol. The van der Waals surface area contributed by atoms with Crippen molar-refractivity contribution in [2.45, 2.75) is 32.6 Å². The number of nitrogens with one attached hydrogen (secondary N) is 1. The van der Waals surface area contributed by atoms with E-state index >= 15 is 0 Å². The minimum Gasteiger partial charge on any atom is -0.381 e. The molecule has 0 spiro atoms. The third-order valence-electron chi connectivity index (χ3n) is 4.45. The first-order valence-corrected chi connectivity index (χ1v) is 8.81. The Labute approximate surface area is 144 Å². The topological polar surface area (TPSA) is 58.6 Å². The standard InChI is InChI=1S/C19H28N2O3/c1-16(22)21(12-5-8-17-6-3-2-4-7-17)13-11-20-19(23)18-9-14-24-15-10-18/h2-4,6-7,18H,5,8-15H2,1H3,(H,20,23). The fourth-order valence-electron chi connectivity index (χ4n) is 2.96. The Morgan fingerprint density at radius 2 is 1.88 bits per heavy atom. The molecule has 1 aliphatic rings. The second kappa shape index (κ2) is 10.1. The molecular weight excluding hydrogens is 304 g/mol. The summed E-state index contributed by atoms with van der Waals surface area (Å²) in [5, 5.41) is 2.96. The van der Waals surface area contributed by atoms with Gasteiger partial charge in [-0.1, -0.05) is 30.3 Å². The van der Waals surface area contributed by atoms with Crippen LogP contribution < -0.4 is 5.32 Å². The van der Waals surface area contributed by atoms with Gasteiger partial charge in [0, 0.05) is 45.7 Å². The number of carbonyl (C=O) groups is 2. The highest BCUT2D eigenvalue weighted by Gasteiger charge is 2.21. The van der Waals surface area contributed by atoms with Crippen LogP contribution >= 0.6 is 0 Å². The van der Waals surface area contributed by atoms with Crippen molar-refractivity contribution in [1.82, 2.24) is 10.2 Å². The van der Waals surface area contributed by atoms with Crippen molar-refractivity contribution in [3.8, 4) is 0 Å². The molecule has 0 unspecified atom stereocenters. The van der Waals surface area contributed by atoms with Gasteiger partial charge in [-0.2, -0.15) is 0 Å². The number of benzene rings is 1. The molecule has 2 rings (SSSR count). The van der Waals surface area contributed by atoms with Gasteiger partial charge in [-0.15, -0.1) is 0 Å². The minimum atomic E-state index is 0.0580. The predicted molar refractivity (Wildman–Crippen MR) is 93.6 cm³/mol. The van der Waals surface area contributed by atoms with Crippen molar-refractivity contribution in [1.29, 1.82) is 0 Å². The van der Waals surface area contributed by atoms with Gasteiger partial charge in [-0.05, 0) is 31.2 Å². The second-order valence-electron chi connectivity index (χ2n) is 6.27. The highest BCUT2D eigenvalue weighted by Crippen LogP contribution is 2.14. The zero-order valence-corrected chi connectivity index (χ0v) is 14.5. The molecule has 1 aromatic rings. The molecule has 1 saturated heterocycles. The van der Waals surface area contributed by atoms with Gasteiger partial charge in [0.25, 0.3) is 0 Å². The van der Waals surface area contributed by atoms with Gasteiger partial charge in [0.15, 0.2) is 0 Å². The van der Waals surface area contributed by atoms with Gasteiger partial charge < -0.3 is 15.0 Å². The molecule has 24 heavy (non-hydrogen) atoms. The number of ether oxygens (including phenoxy) is 1. The minimum absolute atomic E-state index is 0.0580. The quantitative estimate of drug-likeness (QED) is 0.792. The lowest BCUT2D eigenvalue weighted by Gasteiger charge is -2.24. The molecule has 0 aromatic heterocycles. The van der Waals surface area contributed by atoms with Gasteiger partial charge in [0.2, 0.25) is 11.8 Å². The van der Waals surface area contributed by atoms with Crippen LogP contribution in [0.15, 0.2) is 30.3 Å². The van der Waals surface area contributed by atoms with E-state index in [0.717, 1.165) is 32.2 Å². The number of rotatable bonds is 8. The fraction of sp³-hybridized carbons (Fsp3) is 0.579. The summed E-state index contributed by atoms with van der Waals surface area (Å²) in [6.45, 7) is 4.72. The van der Waals surface area contributed by atoms with E-state index in [-0.39, 0.29) is 17.7 Å². The maximum absolute atomic E-state index is 12.1. The first-order chi connectivity index (χ1) is 11.7. The van der Waals surface area contributed by atoms with E-state index in [1.165, 1.54) is 5.56 Å². The molecule has 1 N–H and O–H groups in total. The third kappa shape index (κ3) is 6.32. The van der Waals surface area contributed by atoms with E-state index in [2.05, 4.69) is 17.4 Å². The van der Waals surface area contributed by atoms with Crippen molar-refractivity contribution in [2.24, 2.45) is 5.92 Å². The zero-order valence-electron chi connectivity index (χ0n) is 14.5. The van der Waals surface area contributed by atoms with Crippen LogP contribution in [0.5, 0.6) is 0 Å². The molecule has 1 aromatic carbocycles. The molecular formula is C19H28N2O3. The largest absolute Gasteiger partial charge is 0.381 e. The lowest BCUT2D eigenvalue weighted by Crippen LogP contribution is -2.41. The van der Waals surface area contributed by atoms with Gasteiger partial charge in [0.05, 0.1) is 0 Å². The number of hydrogen-bond acceptors (Lipinski definition) is 3. The Hall–Kier alpha value is -1.88. The van der Waals surface area contributed by atoms with E-state index in [4.69, 9.17) is 4.74 Å². The van der Waals surface area contributed by atoms with Gasteiger partial charge in [-0.25, -0.2) is 0 Å². The molecule has 0 atom stereocenters. The van der Waals surface area contributed by atoms with E-state index in [9.17, 15) is 9.59 Å². The van der Waals surface area contributed by atoms with Crippen LogP contribution in [0, 0.1) is 5.92 Å². The Morgan fingerprint density at radius 3 is 2.54 bits per heavy atom. The lowest BCUT2D eigenvalue weighted by atomic mass is 9.99. The molecule has 0 radical (unpaired) electrons. The van der Waals surface area contributed by atoms with Gasteiger partial charge >= 0.3 is 0 Å². The van der Waals surface area contributed by atoms with E-state index in [1.54, 1.807) is 6.92 Å². The SMILES string of the molecule is CC(=O)N(CCCc1ccccc1)CCNC(=O)C1CCOCC1. The molecule has 0 aliphatic carbocycles. The third-order valence-corrected chi connectivity index (χ3v) is 4.45. The van der Waals surface area contributed by atoms with Crippen molar-refractivity contribution < 1.29 is 14.3 Å². The first-order valence-electron chi connectivity index (χ1n) is 8.81. The Morgan fingerprint density at radius 1 is 1.17 bits per heavy atom. The molecule has 1 aliphatic heterocycles. The number of hydrogen-bond donors (Lipinski definition) is 1. The Bertz CT molecular complexity index is 513. The van der Waals surface area contributed by atoms with Crippen LogP contribution in [0.2, 0.25) is 0 Å². The highest BCUT2D eigenvalue weighted by molar-refractivity contribution is 5.78. The molecule has 132 valence electrons. The predicted octanol–water partition coefficient (Wildman–Crippen LogP) is 2.01. The monoisotopic (exact) mass is 332 g/mol. The average Bonchev–Trinajstić information content (AvgIpc) is 2.61. The molecule has 5 heteroatoms. The second-order valence-corrected chi connectivity index (χ2v) is 6.27. The van der Waals surface area contributed by atoms with Crippen LogP contribution in [0.25, 0.3) is 0 Å². The van der Waals surface area contributed by atoms with E-state index in [0.29, 0.717) is 26.3 Å². The van der Waals surface area contributed by atoms with Gasteiger partial charge in [0.1, 0.15) is 0 Å². The van der Waals surface area contributed by atoms with Crippen LogP contribution in [-0.4, -0.2) is 49.6 Å². The summed E-state index contributed by atoms with van der Waals surface area (Å²) in [5.41, 5.74) is 1.29. The summed E-state index contributed by atoms with van der Waals surface area (Å²) < 4.78 is 5.27. The van der Waals surface area contributed by atoms with Crippen LogP contribution in [-0.2, 0) is 20.7 Å². The first kappa shape index (κ1) is 18.5. The van der Waals surface area contributed by atoms with E-state index < -0.39 is 0 Å². The maximum Gasteiger partial charge on any atom is 0.223 e. The number of carbonyl (C=O) groups excluding carboxylic acids is 2. The molecule has 2 amide bonds. The zero-order chi connectivity index (χ0) is 17.2. The van der Waals surface area contributed by atoms with Crippen molar-refractivity contribution in [3.05, 3.63) is 35.9 Å². The number of nitrogens with zero attached hydrogens (tertiary/aromatic N) is 1. The van der Waals surface area contributed by atoms with Crippen LogP contribution in [0.4, 0.5) is 0 Å². The summed E-state index contributed by atoms with van der Waals surface area (Å²) in [7, 11) is 0. The molecule has 0 saturated carbocycles. The van der Waals surface area contributed by atoms with Crippen LogP contribution in [0.1, 0.15) is 31.7 Å². The molecule has 0 bridgehead atoms. The van der Waals surface area contributed by atoms with Gasteiger partial charge in [-0.3, -0.25) is 9.59 Å². The highest BCUT2D eigenvalue weighted by atomic mass is 16.5. The fourth-order valence-corrected chi connectivity index (χ4v) is 2.96. The molecule has 1 fully saturated rings. The molecule has 5 nitrogen and oxygen atoms in total. The summed E-state index contributed by atoms with van der Waals surface area (Å²) in [5.74, 6) is 0.206. The summed E-state index contributed by atoms with van der Waals surface area (Å²) >= 11 is 0. The summed E-state index contributed by atoms with van der Waals surface area (Å²) in [6.07, 6.45) is 3.47. The normalized spacial score (nSPS) is 15.0. The van der Waals surface area contributed by atoms with E-state index in [1.807, 2.05) is 23.1 Å². The van der Waals surface area contributed by atoms with Crippen molar-refractivity contribution >= 4 is 11.8 Å². The smallest absolute Gasteiger partial charge is 0.223 e. The summed E-state index contributed by atoms with van der Waals surface area (Å²) in [4.78, 5) is 25.7. The summed E-state index contributed by atoms with van der Waals surface area (Å²) in [6, 6.07) is 10.3. The van der Waals surface area contributed by atoms with Crippen molar-refractivity contribution in [3.63, 3.8) is 0 Å². The lowest BCUT2D eigenvalue weighted by molar-refractivity contribution is -0.131. The number of aryl methyl sites for hydroxylation is 1. The van der Waals surface area contributed by atoms with Crippen molar-refractivity contribution in [2.75, 3.05) is 32.8 Å². The Balaban J connectivity index is 1.67. The maximum atomic E-state index is 12.1. The van der Waals surface area contributed by atoms with Crippen LogP contribution in [0.3, 0.4) is 0 Å². The Kier molecular flexibility index (Phi) is 7.75. The number of amides is 2.